The molecule has 1 aliphatic heterocycles. The van der Waals surface area contributed by atoms with Crippen molar-refractivity contribution in [1.82, 2.24) is 9.55 Å². The van der Waals surface area contributed by atoms with Gasteiger partial charge < -0.3 is 14.9 Å². The SMILES string of the molecule is CCC1(O)CC(=O)OCc2c1ccn(C(O)c1cc3cc(F)c(F)cc3nc1Cl)c2=O. The fourth-order valence-corrected chi connectivity index (χ4v) is 3.95. The van der Waals surface area contributed by atoms with Crippen LogP contribution in [0.4, 0.5) is 8.78 Å². The highest BCUT2D eigenvalue weighted by atomic mass is 35.5. The number of nitrogens with zero attached hydrogens (tertiary/aromatic N) is 2. The van der Waals surface area contributed by atoms with Crippen molar-refractivity contribution in [3.8, 4) is 0 Å². The van der Waals surface area contributed by atoms with Crippen molar-refractivity contribution in [3.05, 3.63) is 74.3 Å². The highest BCUT2D eigenvalue weighted by Gasteiger charge is 2.37. The molecule has 162 valence electrons. The first kappa shape index (κ1) is 21.4. The molecule has 0 radical (unpaired) electrons. The fourth-order valence-electron chi connectivity index (χ4n) is 3.71. The molecule has 2 atom stereocenters. The molecule has 3 aromatic rings. The van der Waals surface area contributed by atoms with Gasteiger partial charge in [0.05, 0.1) is 17.5 Å². The van der Waals surface area contributed by atoms with E-state index < -0.39 is 35.0 Å². The van der Waals surface area contributed by atoms with Crippen LogP contribution in [-0.4, -0.2) is 25.7 Å². The number of hydrogen-bond donors (Lipinski definition) is 2. The predicted molar refractivity (Wildman–Crippen MR) is 106 cm³/mol. The number of pyridine rings is 2. The number of esters is 1. The van der Waals surface area contributed by atoms with Crippen LogP contribution >= 0.6 is 11.6 Å². The summed E-state index contributed by atoms with van der Waals surface area (Å²) >= 11 is 6.14. The average Bonchev–Trinajstić information content (AvgIpc) is 2.85. The summed E-state index contributed by atoms with van der Waals surface area (Å²) in [6.45, 7) is 1.31. The average molecular weight is 451 g/mol. The number of benzene rings is 1. The zero-order valence-corrected chi connectivity index (χ0v) is 17.0. The van der Waals surface area contributed by atoms with E-state index >= 15 is 0 Å². The Bertz CT molecular complexity index is 1280. The van der Waals surface area contributed by atoms with E-state index in [2.05, 4.69) is 4.98 Å². The molecule has 2 aromatic heterocycles. The number of carbonyl (C=O) groups is 1. The van der Waals surface area contributed by atoms with Gasteiger partial charge in [0.1, 0.15) is 17.4 Å². The quantitative estimate of drug-likeness (QED) is 0.470. The number of hydrogen-bond acceptors (Lipinski definition) is 6. The molecule has 0 aliphatic carbocycles. The predicted octanol–water partition coefficient (Wildman–Crippen LogP) is 2.91. The summed E-state index contributed by atoms with van der Waals surface area (Å²) in [5, 5.41) is 21.7. The maximum absolute atomic E-state index is 13.6. The molecule has 1 aliphatic rings. The van der Waals surface area contributed by atoms with E-state index in [0.717, 1.165) is 16.7 Å². The zero-order valence-electron chi connectivity index (χ0n) is 16.2. The molecule has 0 amide bonds. The van der Waals surface area contributed by atoms with Gasteiger partial charge in [0.2, 0.25) is 0 Å². The Kier molecular flexibility index (Phi) is 5.28. The Labute approximate surface area is 179 Å². The van der Waals surface area contributed by atoms with E-state index in [1.165, 1.54) is 18.3 Å². The first-order chi connectivity index (χ1) is 14.6. The molecule has 0 spiro atoms. The number of halogens is 3. The van der Waals surface area contributed by atoms with Crippen molar-refractivity contribution in [3.63, 3.8) is 0 Å². The van der Waals surface area contributed by atoms with Gasteiger partial charge in [0, 0.05) is 23.2 Å². The standard InChI is InChI=1S/C21H17ClF2N2O5/c1-2-21(30)8-17(27)31-9-12-13(21)3-4-26(20(12)29)19(28)11-5-10-6-14(23)15(24)7-16(10)25-18(11)22/h3-7,19,28,30H,2,8-9H2,1H3. The number of carbonyl (C=O) groups excluding carboxylic acids is 1. The van der Waals surface area contributed by atoms with Gasteiger partial charge in [-0.05, 0) is 30.2 Å². The topological polar surface area (TPSA) is 102 Å². The molecule has 3 heterocycles. The van der Waals surface area contributed by atoms with Crippen LogP contribution in [-0.2, 0) is 21.7 Å². The maximum atomic E-state index is 13.6. The smallest absolute Gasteiger partial charge is 0.309 e. The highest BCUT2D eigenvalue weighted by Crippen LogP contribution is 2.34. The number of aliphatic hydroxyl groups excluding tert-OH is 1. The first-order valence-electron chi connectivity index (χ1n) is 9.40. The normalized spacial score (nSPS) is 19.6. The Morgan fingerprint density at radius 3 is 2.71 bits per heavy atom. The lowest BCUT2D eigenvalue weighted by Gasteiger charge is -2.26. The van der Waals surface area contributed by atoms with Gasteiger partial charge in [-0.1, -0.05) is 18.5 Å². The molecule has 0 saturated carbocycles. The van der Waals surface area contributed by atoms with E-state index in [4.69, 9.17) is 16.3 Å². The summed E-state index contributed by atoms with van der Waals surface area (Å²) in [7, 11) is 0. The minimum Gasteiger partial charge on any atom is -0.460 e. The zero-order chi connectivity index (χ0) is 22.5. The minimum atomic E-state index is -1.62. The van der Waals surface area contributed by atoms with Crippen molar-refractivity contribution >= 4 is 28.5 Å². The number of aromatic nitrogens is 2. The van der Waals surface area contributed by atoms with Crippen LogP contribution in [0.3, 0.4) is 0 Å². The van der Waals surface area contributed by atoms with Gasteiger partial charge in [-0.25, -0.2) is 13.8 Å². The monoisotopic (exact) mass is 450 g/mol. The van der Waals surface area contributed by atoms with Crippen LogP contribution in [0, 0.1) is 11.6 Å². The van der Waals surface area contributed by atoms with Gasteiger partial charge >= 0.3 is 5.97 Å². The van der Waals surface area contributed by atoms with Gasteiger partial charge in [-0.2, -0.15) is 0 Å². The molecule has 0 saturated heterocycles. The van der Waals surface area contributed by atoms with Crippen LogP contribution in [0.5, 0.6) is 0 Å². The number of aliphatic hydroxyl groups is 2. The third kappa shape index (κ3) is 3.58. The Balaban J connectivity index is 1.84. The largest absolute Gasteiger partial charge is 0.460 e. The van der Waals surface area contributed by atoms with Gasteiger partial charge in [-0.15, -0.1) is 0 Å². The Hall–Kier alpha value is -2.88. The van der Waals surface area contributed by atoms with E-state index in [-0.39, 0.29) is 52.2 Å². The van der Waals surface area contributed by atoms with E-state index in [0.29, 0.717) is 0 Å². The van der Waals surface area contributed by atoms with Crippen molar-refractivity contribution in [2.45, 2.75) is 38.2 Å². The Morgan fingerprint density at radius 1 is 1.29 bits per heavy atom. The first-order valence-corrected chi connectivity index (χ1v) is 9.78. The van der Waals surface area contributed by atoms with Crippen molar-refractivity contribution < 1.29 is 28.5 Å². The van der Waals surface area contributed by atoms with E-state index in [9.17, 15) is 28.6 Å². The second-order valence-corrected chi connectivity index (χ2v) is 7.70. The maximum Gasteiger partial charge on any atom is 0.309 e. The summed E-state index contributed by atoms with van der Waals surface area (Å²) in [5.74, 6) is -2.84. The molecule has 1 aromatic carbocycles. The van der Waals surface area contributed by atoms with Crippen LogP contribution in [0.2, 0.25) is 5.15 Å². The molecule has 0 bridgehead atoms. The summed E-state index contributed by atoms with van der Waals surface area (Å²) in [6, 6.07) is 4.52. The summed E-state index contributed by atoms with van der Waals surface area (Å²) in [5.41, 5.74) is -1.94. The van der Waals surface area contributed by atoms with E-state index in [1.807, 2.05) is 0 Å². The number of ether oxygens (including phenoxy) is 1. The number of rotatable bonds is 3. The van der Waals surface area contributed by atoms with Gasteiger partial charge in [-0.3, -0.25) is 14.2 Å². The van der Waals surface area contributed by atoms with Crippen LogP contribution in [0.25, 0.3) is 10.9 Å². The van der Waals surface area contributed by atoms with Crippen molar-refractivity contribution in [2.75, 3.05) is 0 Å². The minimum absolute atomic E-state index is 0.0152. The Morgan fingerprint density at radius 2 is 2.00 bits per heavy atom. The van der Waals surface area contributed by atoms with E-state index in [1.54, 1.807) is 6.92 Å². The molecular formula is C21H17ClF2N2O5. The lowest BCUT2D eigenvalue weighted by molar-refractivity contribution is -0.149. The molecule has 31 heavy (non-hydrogen) atoms. The second kappa shape index (κ2) is 7.67. The van der Waals surface area contributed by atoms with Crippen molar-refractivity contribution in [1.29, 1.82) is 0 Å². The van der Waals surface area contributed by atoms with Crippen LogP contribution in [0.15, 0.2) is 35.3 Å². The molecule has 7 nitrogen and oxygen atoms in total. The number of cyclic esters (lactones) is 1. The molecule has 2 N–H and O–H groups in total. The van der Waals surface area contributed by atoms with Crippen molar-refractivity contribution in [2.24, 2.45) is 0 Å². The highest BCUT2D eigenvalue weighted by molar-refractivity contribution is 6.30. The van der Waals surface area contributed by atoms with Crippen LogP contribution in [0.1, 0.15) is 42.7 Å². The van der Waals surface area contributed by atoms with Gasteiger partial charge in [0.15, 0.2) is 17.9 Å². The van der Waals surface area contributed by atoms with Gasteiger partial charge in [0.25, 0.3) is 5.56 Å². The second-order valence-electron chi connectivity index (χ2n) is 7.34. The van der Waals surface area contributed by atoms with Crippen LogP contribution < -0.4 is 5.56 Å². The third-order valence-corrected chi connectivity index (χ3v) is 5.80. The molecule has 4 rings (SSSR count). The fraction of sp³-hybridized carbons (Fsp3) is 0.286. The number of fused-ring (bicyclic) bond motifs is 2. The summed E-state index contributed by atoms with van der Waals surface area (Å²) < 4.78 is 33.1. The molecule has 0 fully saturated rings. The summed E-state index contributed by atoms with van der Waals surface area (Å²) in [6.07, 6.45) is -0.494. The lowest BCUT2D eigenvalue weighted by atomic mass is 9.86. The molecule has 10 heteroatoms. The molecular weight excluding hydrogens is 434 g/mol. The lowest BCUT2D eigenvalue weighted by Crippen LogP contribution is -2.34. The third-order valence-electron chi connectivity index (χ3n) is 5.50. The molecule has 2 unspecified atom stereocenters. The summed E-state index contributed by atoms with van der Waals surface area (Å²) in [4.78, 5) is 28.9.